The predicted octanol–water partition coefficient (Wildman–Crippen LogP) is 0.721. The molecular formula is C12H18N2O3. The van der Waals surface area contributed by atoms with E-state index in [9.17, 15) is 15.0 Å². The monoisotopic (exact) mass is 238 g/mol. The van der Waals surface area contributed by atoms with Gasteiger partial charge in [0.1, 0.15) is 5.75 Å². The summed E-state index contributed by atoms with van der Waals surface area (Å²) in [7, 11) is 0. The second-order valence-corrected chi connectivity index (χ2v) is 4.29. The summed E-state index contributed by atoms with van der Waals surface area (Å²) in [6, 6.07) is 4.17. The van der Waals surface area contributed by atoms with E-state index < -0.39 is 12.0 Å². The highest BCUT2D eigenvalue weighted by molar-refractivity contribution is 5.99. The van der Waals surface area contributed by atoms with Gasteiger partial charge in [0, 0.05) is 12.2 Å². The van der Waals surface area contributed by atoms with Gasteiger partial charge in [0.05, 0.1) is 11.7 Å². The molecule has 0 heterocycles. The quantitative estimate of drug-likeness (QED) is 0.459. The minimum atomic E-state index is -0.600. The summed E-state index contributed by atoms with van der Waals surface area (Å²) in [5.74, 6) is -0.358. The molecule has 1 aromatic carbocycles. The van der Waals surface area contributed by atoms with Crippen molar-refractivity contribution in [2.75, 3.05) is 12.3 Å². The number of aliphatic hydroxyl groups is 1. The van der Waals surface area contributed by atoms with Crippen molar-refractivity contribution in [1.82, 2.24) is 5.32 Å². The Labute approximate surface area is 100 Å². The Kier molecular flexibility index (Phi) is 4.34. The molecule has 5 N–H and O–H groups in total. The number of nitrogens with one attached hydrogen (secondary N) is 1. The van der Waals surface area contributed by atoms with Crippen LogP contribution < -0.4 is 11.1 Å². The largest absolute Gasteiger partial charge is 0.508 e. The van der Waals surface area contributed by atoms with Crippen molar-refractivity contribution < 1.29 is 15.0 Å². The summed E-state index contributed by atoms with van der Waals surface area (Å²) in [6.45, 7) is 3.88. The lowest BCUT2D eigenvalue weighted by atomic mass is 10.1. The fourth-order valence-electron chi connectivity index (χ4n) is 1.27. The third kappa shape index (κ3) is 3.64. The van der Waals surface area contributed by atoms with Gasteiger partial charge in [-0.3, -0.25) is 4.79 Å². The predicted molar refractivity (Wildman–Crippen MR) is 65.7 cm³/mol. The third-order valence-corrected chi connectivity index (χ3v) is 2.52. The zero-order valence-electron chi connectivity index (χ0n) is 9.97. The number of nitrogens with two attached hydrogens (primary N) is 1. The first-order chi connectivity index (χ1) is 7.91. The molecule has 17 heavy (non-hydrogen) atoms. The van der Waals surface area contributed by atoms with E-state index in [1.807, 2.05) is 13.8 Å². The van der Waals surface area contributed by atoms with E-state index in [4.69, 9.17) is 5.73 Å². The van der Waals surface area contributed by atoms with Crippen LogP contribution >= 0.6 is 0 Å². The van der Waals surface area contributed by atoms with Gasteiger partial charge >= 0.3 is 0 Å². The van der Waals surface area contributed by atoms with E-state index in [-0.39, 0.29) is 23.8 Å². The van der Waals surface area contributed by atoms with Crippen LogP contribution in [-0.4, -0.2) is 28.8 Å². The lowest BCUT2D eigenvalue weighted by molar-refractivity contribution is 0.0872. The fraction of sp³-hybridized carbons (Fsp3) is 0.417. The van der Waals surface area contributed by atoms with Gasteiger partial charge in [-0.2, -0.15) is 0 Å². The van der Waals surface area contributed by atoms with Crippen LogP contribution in [0.15, 0.2) is 18.2 Å². The van der Waals surface area contributed by atoms with Gasteiger partial charge in [0.2, 0.25) is 0 Å². The average molecular weight is 238 g/mol. The van der Waals surface area contributed by atoms with Gasteiger partial charge in [-0.1, -0.05) is 13.8 Å². The Hall–Kier alpha value is -1.75. The Morgan fingerprint density at radius 1 is 1.47 bits per heavy atom. The molecule has 1 unspecified atom stereocenters. The van der Waals surface area contributed by atoms with Crippen LogP contribution in [-0.2, 0) is 0 Å². The van der Waals surface area contributed by atoms with E-state index in [1.54, 1.807) is 0 Å². The zero-order chi connectivity index (χ0) is 13.0. The molecule has 1 aromatic rings. The number of carbonyl (C=O) groups excluding carboxylic acids is 1. The van der Waals surface area contributed by atoms with E-state index >= 15 is 0 Å². The molecule has 0 radical (unpaired) electrons. The first-order valence-electron chi connectivity index (χ1n) is 5.46. The second-order valence-electron chi connectivity index (χ2n) is 4.29. The second kappa shape index (κ2) is 5.54. The first-order valence-corrected chi connectivity index (χ1v) is 5.46. The SMILES string of the molecule is CC(C)C(O)CNC(=O)c1cc(O)ccc1N. The number of benzene rings is 1. The fourth-order valence-corrected chi connectivity index (χ4v) is 1.27. The molecule has 0 fully saturated rings. The average Bonchev–Trinajstić information content (AvgIpc) is 2.28. The maximum atomic E-state index is 11.7. The highest BCUT2D eigenvalue weighted by Crippen LogP contribution is 2.18. The van der Waals surface area contributed by atoms with Gasteiger partial charge in [-0.25, -0.2) is 0 Å². The summed E-state index contributed by atoms with van der Waals surface area (Å²) in [4.78, 5) is 11.7. The van der Waals surface area contributed by atoms with Gasteiger partial charge in [-0.05, 0) is 24.1 Å². The van der Waals surface area contributed by atoms with Crippen LogP contribution in [0.2, 0.25) is 0 Å². The maximum Gasteiger partial charge on any atom is 0.253 e. The van der Waals surface area contributed by atoms with E-state index in [2.05, 4.69) is 5.32 Å². The Bertz CT molecular complexity index is 405. The normalized spacial score (nSPS) is 12.5. The molecular weight excluding hydrogens is 220 g/mol. The molecule has 0 aliphatic heterocycles. The molecule has 1 atom stereocenters. The van der Waals surface area contributed by atoms with Crippen LogP contribution in [0, 0.1) is 5.92 Å². The van der Waals surface area contributed by atoms with Crippen molar-refractivity contribution in [3.63, 3.8) is 0 Å². The van der Waals surface area contributed by atoms with Gasteiger partial charge < -0.3 is 21.3 Å². The van der Waals surface area contributed by atoms with Gasteiger partial charge in [0.25, 0.3) is 5.91 Å². The van der Waals surface area contributed by atoms with Crippen molar-refractivity contribution in [3.05, 3.63) is 23.8 Å². The summed E-state index contributed by atoms with van der Waals surface area (Å²) >= 11 is 0. The minimum absolute atomic E-state index is 0.0197. The van der Waals surface area contributed by atoms with Crippen molar-refractivity contribution in [2.24, 2.45) is 5.92 Å². The number of rotatable bonds is 4. The van der Waals surface area contributed by atoms with Crippen molar-refractivity contribution in [3.8, 4) is 5.75 Å². The number of phenols is 1. The van der Waals surface area contributed by atoms with Crippen LogP contribution in [0.1, 0.15) is 24.2 Å². The van der Waals surface area contributed by atoms with Gasteiger partial charge in [0.15, 0.2) is 0 Å². The molecule has 94 valence electrons. The van der Waals surface area contributed by atoms with Crippen LogP contribution in [0.25, 0.3) is 0 Å². The van der Waals surface area contributed by atoms with Crippen LogP contribution in [0.5, 0.6) is 5.75 Å². The Morgan fingerprint density at radius 3 is 2.71 bits per heavy atom. The summed E-state index contributed by atoms with van der Waals surface area (Å²) in [5, 5.41) is 21.4. The van der Waals surface area contributed by atoms with E-state index in [0.29, 0.717) is 5.69 Å². The molecule has 1 amide bonds. The van der Waals surface area contributed by atoms with Crippen molar-refractivity contribution in [2.45, 2.75) is 20.0 Å². The number of nitrogen functional groups attached to an aromatic ring is 1. The lowest BCUT2D eigenvalue weighted by Gasteiger charge is -2.15. The Morgan fingerprint density at radius 2 is 2.12 bits per heavy atom. The van der Waals surface area contributed by atoms with Crippen LogP contribution in [0.3, 0.4) is 0 Å². The number of carbonyl (C=O) groups is 1. The first kappa shape index (κ1) is 13.3. The molecule has 0 aromatic heterocycles. The minimum Gasteiger partial charge on any atom is -0.508 e. The number of hydrogen-bond donors (Lipinski definition) is 4. The number of hydrogen-bond acceptors (Lipinski definition) is 4. The summed E-state index contributed by atoms with van der Waals surface area (Å²) < 4.78 is 0. The maximum absolute atomic E-state index is 11.7. The smallest absolute Gasteiger partial charge is 0.253 e. The molecule has 1 rings (SSSR count). The molecule has 0 saturated carbocycles. The molecule has 0 aliphatic carbocycles. The molecule has 0 aliphatic rings. The molecule has 0 bridgehead atoms. The number of aliphatic hydroxyl groups excluding tert-OH is 1. The molecule has 5 heteroatoms. The third-order valence-electron chi connectivity index (χ3n) is 2.52. The van der Waals surface area contributed by atoms with E-state index in [1.165, 1.54) is 18.2 Å². The van der Waals surface area contributed by atoms with Gasteiger partial charge in [-0.15, -0.1) is 0 Å². The zero-order valence-corrected chi connectivity index (χ0v) is 9.97. The molecule has 0 saturated heterocycles. The van der Waals surface area contributed by atoms with Crippen LogP contribution in [0.4, 0.5) is 5.69 Å². The molecule has 0 spiro atoms. The van der Waals surface area contributed by atoms with Crippen molar-refractivity contribution in [1.29, 1.82) is 0 Å². The highest BCUT2D eigenvalue weighted by Gasteiger charge is 2.14. The number of amides is 1. The highest BCUT2D eigenvalue weighted by atomic mass is 16.3. The standard InChI is InChI=1S/C12H18N2O3/c1-7(2)11(16)6-14-12(17)9-5-8(15)3-4-10(9)13/h3-5,7,11,15-16H,6,13H2,1-2H3,(H,14,17). The Balaban J connectivity index is 2.67. The number of phenolic OH excluding ortho intramolecular Hbond substituents is 1. The topological polar surface area (TPSA) is 95.6 Å². The summed E-state index contributed by atoms with van der Waals surface area (Å²) in [5.41, 5.74) is 6.12. The van der Waals surface area contributed by atoms with E-state index in [0.717, 1.165) is 0 Å². The molecule has 5 nitrogen and oxygen atoms in total. The number of anilines is 1. The lowest BCUT2D eigenvalue weighted by Crippen LogP contribution is -2.35. The summed E-state index contributed by atoms with van der Waals surface area (Å²) in [6.07, 6.45) is -0.600. The van der Waals surface area contributed by atoms with Crippen molar-refractivity contribution >= 4 is 11.6 Å². The number of aromatic hydroxyl groups is 1.